The van der Waals surface area contributed by atoms with Crippen LogP contribution in [-0.4, -0.2) is 38.0 Å². The molecule has 0 aliphatic heterocycles. The van der Waals surface area contributed by atoms with Gasteiger partial charge in [-0.05, 0) is 67.2 Å². The highest BCUT2D eigenvalue weighted by molar-refractivity contribution is 8.33. The Morgan fingerprint density at radius 3 is 1.23 bits per heavy atom. The zero-order valence-electron chi connectivity index (χ0n) is 26.7. The predicted molar refractivity (Wildman–Crippen MR) is 178 cm³/mol. The number of benzene rings is 1. The lowest BCUT2D eigenvalue weighted by atomic mass is 10.1. The molecule has 0 aliphatic carbocycles. The van der Waals surface area contributed by atoms with Gasteiger partial charge in [-0.1, -0.05) is 136 Å². The molecule has 3 nitrogen and oxygen atoms in total. The fourth-order valence-corrected chi connectivity index (χ4v) is 10.6. The largest absolute Gasteiger partial charge is 0.296 e. The van der Waals surface area contributed by atoms with Gasteiger partial charge in [-0.25, -0.2) is 10.0 Å². The summed E-state index contributed by atoms with van der Waals surface area (Å²) in [5.74, 6) is 6.29. The Bertz CT molecular complexity index is 697. The second-order valence-corrected chi connectivity index (χ2v) is 16.9. The van der Waals surface area contributed by atoms with Crippen LogP contribution >= 0.6 is 10.0 Å². The van der Waals surface area contributed by atoms with E-state index < -0.39 is 10.1 Å². The van der Waals surface area contributed by atoms with Crippen molar-refractivity contribution in [2.75, 3.05) is 29.6 Å². The highest BCUT2D eigenvalue weighted by Gasteiger charge is 2.21. The molecule has 0 heterocycles. The molecule has 39 heavy (non-hydrogen) atoms. The Morgan fingerprint density at radius 2 is 0.846 bits per heavy atom. The molecule has 0 amide bonds. The Balaban J connectivity index is 0.000000768. The van der Waals surface area contributed by atoms with Gasteiger partial charge in [-0.3, -0.25) is 4.18 Å². The van der Waals surface area contributed by atoms with E-state index in [9.17, 15) is 8.42 Å². The average molecular weight is 587 g/mol. The Kier molecular flexibility index (Phi) is 26.0. The first-order valence-corrected chi connectivity index (χ1v) is 20.3. The fourth-order valence-electron chi connectivity index (χ4n) is 4.83. The van der Waals surface area contributed by atoms with E-state index in [4.69, 9.17) is 4.18 Å². The molecule has 5 heteroatoms. The van der Waals surface area contributed by atoms with Crippen molar-refractivity contribution in [3.63, 3.8) is 0 Å². The van der Waals surface area contributed by atoms with Crippen molar-refractivity contribution in [1.29, 1.82) is 0 Å². The molecule has 232 valence electrons. The Hall–Kier alpha value is -0.520. The lowest BCUT2D eigenvalue weighted by molar-refractivity contribution is 0.306. The highest BCUT2D eigenvalue weighted by atomic mass is 32.3. The van der Waals surface area contributed by atoms with Crippen LogP contribution in [0.4, 0.5) is 0 Å². The molecule has 0 fully saturated rings. The van der Waals surface area contributed by atoms with Gasteiger partial charge in [0.25, 0.3) is 10.1 Å². The maximum atomic E-state index is 11.9. The van der Waals surface area contributed by atoms with Crippen molar-refractivity contribution >= 4 is 20.1 Å². The predicted octanol–water partition coefficient (Wildman–Crippen LogP) is 11.3. The van der Waals surface area contributed by atoms with Gasteiger partial charge in [0.1, 0.15) is 0 Å². The zero-order chi connectivity index (χ0) is 29.1. The molecule has 0 aromatic heterocycles. The first-order chi connectivity index (χ1) is 18.9. The second-order valence-electron chi connectivity index (χ2n) is 11.2. The van der Waals surface area contributed by atoms with Crippen molar-refractivity contribution in [1.82, 2.24) is 0 Å². The Morgan fingerprint density at radius 1 is 0.487 bits per heavy atom. The van der Waals surface area contributed by atoms with Crippen molar-refractivity contribution in [3.05, 3.63) is 30.3 Å². The standard InChI is InChI=1S/C18H30O3S.C16H36S/c1-2-3-4-5-6-7-8-9-10-14-17-21-22(19,20)18-15-12-11-13-16-18;1-5-9-13-17(14-10-6-2,15-11-7-3)16-12-8-4/h11-13,15-16H,2-10,14,17H2,1H3;5-16H2,1-4H3. The van der Waals surface area contributed by atoms with Crippen molar-refractivity contribution in [3.8, 4) is 0 Å². The molecule has 0 atom stereocenters. The molecule has 1 aromatic rings. The van der Waals surface area contributed by atoms with E-state index in [2.05, 4.69) is 34.6 Å². The van der Waals surface area contributed by atoms with Crippen LogP contribution in [-0.2, 0) is 14.3 Å². The smallest absolute Gasteiger partial charge is 0.266 e. The number of unbranched alkanes of at least 4 members (excludes halogenated alkanes) is 13. The van der Waals surface area contributed by atoms with Gasteiger partial charge in [0.15, 0.2) is 0 Å². The summed E-state index contributed by atoms with van der Waals surface area (Å²) in [6.07, 6.45) is 23.7. The molecule has 1 aromatic carbocycles. The zero-order valence-corrected chi connectivity index (χ0v) is 28.3. The summed E-state index contributed by atoms with van der Waals surface area (Å²) in [6, 6.07) is 8.33. The van der Waals surface area contributed by atoms with Gasteiger partial charge in [0.05, 0.1) is 11.5 Å². The molecule has 0 aliphatic rings. The van der Waals surface area contributed by atoms with E-state index in [-0.39, 0.29) is 21.5 Å². The minimum absolute atomic E-state index is 0.238. The summed E-state index contributed by atoms with van der Waals surface area (Å²) in [6.45, 7) is 11.9. The van der Waals surface area contributed by atoms with Crippen LogP contribution < -0.4 is 0 Å². The topological polar surface area (TPSA) is 43.4 Å². The van der Waals surface area contributed by atoms with Gasteiger partial charge in [-0.2, -0.15) is 8.42 Å². The summed E-state index contributed by atoms with van der Waals surface area (Å²) in [7, 11) is -3.82. The lowest BCUT2D eigenvalue weighted by Gasteiger charge is -2.41. The molecular formula is C34H66O3S2. The van der Waals surface area contributed by atoms with Crippen LogP contribution in [0.5, 0.6) is 0 Å². The number of rotatable bonds is 25. The normalized spacial score (nSPS) is 12.2. The summed E-state index contributed by atoms with van der Waals surface area (Å²) >= 11 is 0. The van der Waals surface area contributed by atoms with Crippen LogP contribution in [0.3, 0.4) is 0 Å². The van der Waals surface area contributed by atoms with Gasteiger partial charge in [-0.15, -0.1) is 0 Å². The van der Waals surface area contributed by atoms with E-state index in [0.29, 0.717) is 0 Å². The van der Waals surface area contributed by atoms with Crippen molar-refractivity contribution in [2.24, 2.45) is 0 Å². The maximum absolute atomic E-state index is 11.9. The van der Waals surface area contributed by atoms with Crippen LogP contribution in [0.25, 0.3) is 0 Å². The first kappa shape index (κ1) is 38.5. The van der Waals surface area contributed by atoms with Gasteiger partial charge >= 0.3 is 0 Å². The first-order valence-electron chi connectivity index (χ1n) is 16.6. The molecule has 0 spiro atoms. The summed E-state index contributed by atoms with van der Waals surface area (Å²) < 4.78 is 28.8. The summed E-state index contributed by atoms with van der Waals surface area (Å²) in [5.41, 5.74) is 0. The van der Waals surface area contributed by atoms with Crippen LogP contribution in [0.15, 0.2) is 35.2 Å². The van der Waals surface area contributed by atoms with Gasteiger partial charge in [0.2, 0.25) is 0 Å². The lowest BCUT2D eigenvalue weighted by Crippen LogP contribution is -2.18. The molecule has 0 radical (unpaired) electrons. The fraction of sp³-hybridized carbons (Fsp3) is 0.824. The van der Waals surface area contributed by atoms with Crippen molar-refractivity contribution in [2.45, 2.75) is 155 Å². The quantitative estimate of drug-likeness (QED) is 0.0845. The SMILES string of the molecule is CCCCCCCCCCCCOS(=O)(=O)c1ccccc1.CCCCS(CCCC)(CCCC)CCCC. The molecule has 0 saturated heterocycles. The van der Waals surface area contributed by atoms with Gasteiger partial charge < -0.3 is 0 Å². The molecule has 1 rings (SSSR count). The average Bonchev–Trinajstić information content (AvgIpc) is 2.96. The van der Waals surface area contributed by atoms with Crippen LogP contribution in [0.1, 0.15) is 150 Å². The van der Waals surface area contributed by atoms with E-state index in [1.54, 1.807) is 53.3 Å². The van der Waals surface area contributed by atoms with Crippen LogP contribution in [0, 0.1) is 0 Å². The van der Waals surface area contributed by atoms with E-state index in [0.717, 1.165) is 12.8 Å². The second kappa shape index (κ2) is 26.4. The third-order valence-corrected chi connectivity index (χ3v) is 13.4. The minimum Gasteiger partial charge on any atom is -0.266 e. The van der Waals surface area contributed by atoms with Crippen molar-refractivity contribution < 1.29 is 12.6 Å². The number of hydrogen-bond acceptors (Lipinski definition) is 3. The minimum atomic E-state index is -3.57. The molecule has 0 unspecified atom stereocenters. The van der Waals surface area contributed by atoms with E-state index in [1.807, 2.05) is 0 Å². The van der Waals surface area contributed by atoms with E-state index >= 15 is 0 Å². The molecule has 0 N–H and O–H groups in total. The highest BCUT2D eigenvalue weighted by Crippen LogP contribution is 2.51. The van der Waals surface area contributed by atoms with Crippen LogP contribution in [0.2, 0.25) is 0 Å². The molecular weight excluding hydrogens is 521 g/mol. The van der Waals surface area contributed by atoms with E-state index in [1.165, 1.54) is 103 Å². The summed E-state index contributed by atoms with van der Waals surface area (Å²) in [5, 5.41) is 0. The monoisotopic (exact) mass is 586 g/mol. The third-order valence-electron chi connectivity index (χ3n) is 7.49. The summed E-state index contributed by atoms with van der Waals surface area (Å²) in [4.78, 5) is 0.238. The molecule has 0 saturated carbocycles. The number of hydrogen-bond donors (Lipinski definition) is 0. The molecule has 0 bridgehead atoms. The maximum Gasteiger partial charge on any atom is 0.296 e. The third kappa shape index (κ3) is 20.9. The Labute approximate surface area is 247 Å². The van der Waals surface area contributed by atoms with Gasteiger partial charge in [0, 0.05) is 0 Å².